The summed E-state index contributed by atoms with van der Waals surface area (Å²) >= 11 is 12.0. The molecule has 1 heterocycles. The van der Waals surface area contributed by atoms with Gasteiger partial charge < -0.3 is 20.7 Å². The maximum absolute atomic E-state index is 13.0. The lowest BCUT2D eigenvalue weighted by Gasteiger charge is -2.16. The van der Waals surface area contributed by atoms with E-state index >= 15 is 0 Å². The molecule has 0 fully saturated rings. The van der Waals surface area contributed by atoms with Gasteiger partial charge >= 0.3 is 0 Å². The molecule has 0 radical (unpaired) electrons. The molecule has 3 N–H and O–H groups in total. The number of hydrogen-bond donors (Lipinski definition) is 3. The van der Waals surface area contributed by atoms with E-state index in [0.717, 1.165) is 0 Å². The van der Waals surface area contributed by atoms with Crippen LogP contribution >= 0.6 is 23.2 Å². The number of nitrogens with zero attached hydrogens (tertiary/aromatic N) is 2. The Morgan fingerprint density at radius 3 is 2.30 bits per heavy atom. The van der Waals surface area contributed by atoms with E-state index in [-0.39, 0.29) is 44.8 Å². The second-order valence-electron chi connectivity index (χ2n) is 7.64. The molecule has 37 heavy (non-hydrogen) atoms. The van der Waals surface area contributed by atoms with Crippen molar-refractivity contribution in [1.82, 2.24) is 10.3 Å². The fourth-order valence-electron chi connectivity index (χ4n) is 3.16. The molecule has 194 valence electrons. The predicted octanol–water partition coefficient (Wildman–Crippen LogP) is 4.10. The average Bonchev–Trinajstić information content (AvgIpc) is 2.86. The summed E-state index contributed by atoms with van der Waals surface area (Å²) in [5.41, 5.74) is 0.312. The Kier molecular flexibility index (Phi) is 9.22. The van der Waals surface area contributed by atoms with Gasteiger partial charge in [0.15, 0.2) is 0 Å². The molecule has 3 aromatic rings. The van der Waals surface area contributed by atoms with Crippen LogP contribution in [0.25, 0.3) is 0 Å². The minimum atomic E-state index is -3.00. The van der Waals surface area contributed by atoms with Crippen LogP contribution in [0.4, 0.5) is 11.5 Å². The minimum Gasteiger partial charge on any atom is -0.494 e. The molecule has 3 amide bonds. The molecule has 2 aromatic carbocycles. The lowest BCUT2D eigenvalue weighted by Crippen LogP contribution is -2.19. The molecule has 0 aliphatic heterocycles. The highest BCUT2D eigenvalue weighted by Crippen LogP contribution is 2.33. The number of ether oxygens (including phenoxy) is 1. The van der Waals surface area contributed by atoms with Gasteiger partial charge in [0.1, 0.15) is 11.6 Å². The summed E-state index contributed by atoms with van der Waals surface area (Å²) in [6.07, 6.45) is 2.72. The van der Waals surface area contributed by atoms with E-state index in [4.69, 9.17) is 27.9 Å². The molecule has 0 bridgehead atoms. The van der Waals surface area contributed by atoms with E-state index in [1.807, 2.05) is 0 Å². The van der Waals surface area contributed by atoms with Gasteiger partial charge in [0, 0.05) is 34.0 Å². The van der Waals surface area contributed by atoms with Crippen molar-refractivity contribution in [1.29, 1.82) is 0 Å². The van der Waals surface area contributed by atoms with Crippen molar-refractivity contribution < 1.29 is 23.3 Å². The minimum absolute atomic E-state index is 0.0319. The summed E-state index contributed by atoms with van der Waals surface area (Å²) in [7, 11) is -0.0457. The van der Waals surface area contributed by atoms with Crippen molar-refractivity contribution in [2.75, 3.05) is 37.6 Å². The number of nitrogens with one attached hydrogen (secondary N) is 3. The number of benzene rings is 2. The number of halogens is 2. The molecule has 0 saturated heterocycles. The molecule has 1 unspecified atom stereocenters. The van der Waals surface area contributed by atoms with Gasteiger partial charge in [0.25, 0.3) is 17.7 Å². The molecule has 0 aliphatic rings. The third kappa shape index (κ3) is 7.26. The lowest BCUT2D eigenvalue weighted by atomic mass is 10.1. The predicted molar refractivity (Wildman–Crippen MR) is 143 cm³/mol. The third-order valence-electron chi connectivity index (χ3n) is 4.90. The molecular formula is C24H23Cl2N5O5S. The zero-order valence-electron chi connectivity index (χ0n) is 20.0. The molecule has 0 aliphatic carbocycles. The maximum atomic E-state index is 13.0. The topological polar surface area (TPSA) is 139 Å². The first-order valence-corrected chi connectivity index (χ1v) is 13.3. The van der Waals surface area contributed by atoms with Gasteiger partial charge in [0.2, 0.25) is 0 Å². The number of amides is 3. The summed E-state index contributed by atoms with van der Waals surface area (Å²) in [4.78, 5) is 42.2. The highest BCUT2D eigenvalue weighted by Gasteiger charge is 2.21. The smallest absolute Gasteiger partial charge is 0.267 e. The first-order chi connectivity index (χ1) is 17.5. The van der Waals surface area contributed by atoms with Crippen molar-refractivity contribution in [3.05, 3.63) is 75.9 Å². The van der Waals surface area contributed by atoms with Crippen LogP contribution in [0.15, 0.2) is 64.0 Å². The number of aromatic nitrogens is 1. The average molecular weight is 564 g/mol. The third-order valence-corrected chi connectivity index (χ3v) is 7.04. The van der Waals surface area contributed by atoms with Crippen LogP contribution in [0.2, 0.25) is 10.0 Å². The first-order valence-electron chi connectivity index (χ1n) is 10.7. The zero-order chi connectivity index (χ0) is 27.2. The van der Waals surface area contributed by atoms with E-state index in [1.54, 1.807) is 13.1 Å². The fourth-order valence-corrected chi connectivity index (χ4v) is 4.68. The monoisotopic (exact) mass is 563 g/mol. The molecule has 13 heteroatoms. The maximum Gasteiger partial charge on any atom is 0.267 e. The van der Waals surface area contributed by atoms with E-state index in [2.05, 4.69) is 25.3 Å². The summed E-state index contributed by atoms with van der Waals surface area (Å²) in [5, 5.41) is 8.56. The quantitative estimate of drug-likeness (QED) is 0.374. The van der Waals surface area contributed by atoms with Crippen molar-refractivity contribution in [2.24, 2.45) is 4.36 Å². The molecule has 1 aromatic heterocycles. The summed E-state index contributed by atoms with van der Waals surface area (Å²) < 4.78 is 21.9. The Hall–Kier alpha value is -3.51. The lowest BCUT2D eigenvalue weighted by molar-refractivity contribution is -0.116. The fraction of sp³-hybridized carbons (Fsp3) is 0.167. The van der Waals surface area contributed by atoms with Gasteiger partial charge in [0.05, 0.1) is 39.7 Å². The molecular weight excluding hydrogens is 541 g/mol. The van der Waals surface area contributed by atoms with Crippen LogP contribution in [-0.2, 0) is 14.5 Å². The van der Waals surface area contributed by atoms with Crippen molar-refractivity contribution >= 4 is 62.2 Å². The van der Waals surface area contributed by atoms with Crippen molar-refractivity contribution in [3.8, 4) is 5.75 Å². The second kappa shape index (κ2) is 12.2. The second-order valence-corrected chi connectivity index (χ2v) is 10.8. The Balaban J connectivity index is 1.89. The first kappa shape index (κ1) is 28.1. The summed E-state index contributed by atoms with van der Waals surface area (Å²) in [6.45, 7) is -0.0434. The van der Waals surface area contributed by atoms with Crippen LogP contribution in [0, 0.1) is 0 Å². The van der Waals surface area contributed by atoms with Gasteiger partial charge in [-0.25, -0.2) is 9.19 Å². The van der Waals surface area contributed by atoms with Crippen LogP contribution in [0.1, 0.15) is 20.7 Å². The highest BCUT2D eigenvalue weighted by atomic mass is 35.5. The van der Waals surface area contributed by atoms with Gasteiger partial charge in [-0.15, -0.1) is 0 Å². The molecule has 10 nitrogen and oxygen atoms in total. The van der Waals surface area contributed by atoms with Crippen LogP contribution < -0.4 is 20.7 Å². The van der Waals surface area contributed by atoms with Gasteiger partial charge in [-0.2, -0.15) is 4.36 Å². The summed E-state index contributed by atoms with van der Waals surface area (Å²) in [5.74, 6) is -1.32. The van der Waals surface area contributed by atoms with Gasteiger partial charge in [-0.1, -0.05) is 23.2 Å². The number of likely N-dealkylation sites (N-methyl/N-ethyl adjacent to an activating group) is 1. The normalized spacial score (nSPS) is 12.2. The number of rotatable bonds is 8. The number of pyridine rings is 1. The Labute approximate surface area is 223 Å². The SMILES string of the molecule is CNCC(=O)N=S(C)(=O)c1ccc(C(=O)Nc2c(OC)cc(Cl)cc2C(=O)Nc2ccc(Cl)cn2)cc1. The molecule has 1 atom stereocenters. The number of methoxy groups -OCH3 is 1. The van der Waals surface area contributed by atoms with Crippen molar-refractivity contribution in [2.45, 2.75) is 4.90 Å². The van der Waals surface area contributed by atoms with E-state index in [0.29, 0.717) is 5.02 Å². The van der Waals surface area contributed by atoms with E-state index in [1.165, 1.54) is 62.0 Å². The van der Waals surface area contributed by atoms with E-state index in [9.17, 15) is 18.6 Å². The van der Waals surface area contributed by atoms with Crippen LogP contribution in [0.3, 0.4) is 0 Å². The number of hydrogen-bond acceptors (Lipinski definition) is 7. The van der Waals surface area contributed by atoms with E-state index < -0.39 is 27.5 Å². The standard InChI is InChI=1S/C24H23Cl2N5O5S/c1-27-13-21(32)31-37(3,35)17-7-4-14(5-8-17)23(33)30-22-18(10-16(26)11-19(22)36-2)24(34)29-20-9-6-15(25)12-28-20/h4-12,27H,13H2,1-3H3,(H,30,33)(H,28,29,34). The Bertz CT molecular complexity index is 1450. The van der Waals surface area contributed by atoms with Gasteiger partial charge in [-0.3, -0.25) is 14.4 Å². The van der Waals surface area contributed by atoms with Crippen LogP contribution in [0.5, 0.6) is 5.75 Å². The van der Waals surface area contributed by atoms with Crippen molar-refractivity contribution in [3.63, 3.8) is 0 Å². The Morgan fingerprint density at radius 1 is 1.00 bits per heavy atom. The zero-order valence-corrected chi connectivity index (χ0v) is 22.3. The number of anilines is 2. The summed E-state index contributed by atoms with van der Waals surface area (Å²) in [6, 6.07) is 11.7. The van der Waals surface area contributed by atoms with Gasteiger partial charge in [-0.05, 0) is 49.5 Å². The Morgan fingerprint density at radius 2 is 1.70 bits per heavy atom. The highest BCUT2D eigenvalue weighted by molar-refractivity contribution is 7.93. The molecule has 0 spiro atoms. The van der Waals surface area contributed by atoms with Crippen LogP contribution in [-0.4, -0.2) is 53.9 Å². The largest absolute Gasteiger partial charge is 0.494 e. The molecule has 0 saturated carbocycles. The molecule has 3 rings (SSSR count). The number of carbonyl (C=O) groups excluding carboxylic acids is 3. The number of carbonyl (C=O) groups is 3.